The number of carbonyl (C=O) groups excluding carboxylic acids is 1. The van der Waals surface area contributed by atoms with Gasteiger partial charge in [0.25, 0.3) is 5.91 Å². The zero-order valence-corrected chi connectivity index (χ0v) is 7.84. The zero-order valence-electron chi connectivity index (χ0n) is 7.84. The SMILES string of the molecule is C[C@@H](O)C(=O)N/N=C\c1ccccc1. The maximum absolute atomic E-state index is 10.9. The van der Waals surface area contributed by atoms with Crippen LogP contribution in [0.4, 0.5) is 0 Å². The van der Waals surface area contributed by atoms with E-state index >= 15 is 0 Å². The Bertz CT molecular complexity index is 320. The molecule has 1 amide bonds. The Morgan fingerprint density at radius 3 is 2.71 bits per heavy atom. The quantitative estimate of drug-likeness (QED) is 0.541. The van der Waals surface area contributed by atoms with Gasteiger partial charge < -0.3 is 5.11 Å². The zero-order chi connectivity index (χ0) is 10.4. The summed E-state index contributed by atoms with van der Waals surface area (Å²) >= 11 is 0. The van der Waals surface area contributed by atoms with Crippen molar-refractivity contribution in [2.24, 2.45) is 5.10 Å². The molecule has 1 aromatic rings. The number of benzene rings is 1. The van der Waals surface area contributed by atoms with Crippen molar-refractivity contribution in [3.63, 3.8) is 0 Å². The van der Waals surface area contributed by atoms with Gasteiger partial charge in [-0.05, 0) is 12.5 Å². The van der Waals surface area contributed by atoms with Crippen molar-refractivity contribution in [2.75, 3.05) is 0 Å². The number of hydrogen-bond donors (Lipinski definition) is 2. The minimum atomic E-state index is -1.04. The van der Waals surface area contributed by atoms with E-state index in [9.17, 15) is 4.79 Å². The lowest BCUT2D eigenvalue weighted by atomic mass is 10.2. The average Bonchev–Trinajstić information content (AvgIpc) is 2.19. The highest BCUT2D eigenvalue weighted by Crippen LogP contribution is 1.93. The first-order valence-corrected chi connectivity index (χ1v) is 4.26. The van der Waals surface area contributed by atoms with Crippen LogP contribution in [0.1, 0.15) is 12.5 Å². The molecule has 0 spiro atoms. The number of hydrogen-bond acceptors (Lipinski definition) is 3. The summed E-state index contributed by atoms with van der Waals surface area (Å²) in [5.41, 5.74) is 3.10. The van der Waals surface area contributed by atoms with Crippen LogP contribution < -0.4 is 5.43 Å². The summed E-state index contributed by atoms with van der Waals surface area (Å²) in [6.07, 6.45) is 0.475. The monoisotopic (exact) mass is 192 g/mol. The first kappa shape index (κ1) is 10.4. The molecule has 74 valence electrons. The number of hydrazone groups is 1. The first-order chi connectivity index (χ1) is 6.70. The van der Waals surface area contributed by atoms with Crippen LogP contribution in [-0.4, -0.2) is 23.3 Å². The van der Waals surface area contributed by atoms with Gasteiger partial charge in [0.2, 0.25) is 0 Å². The largest absolute Gasteiger partial charge is 0.383 e. The Labute approximate surface area is 82.3 Å². The highest BCUT2D eigenvalue weighted by Gasteiger charge is 2.05. The predicted octanol–water partition coefficient (Wildman–Crippen LogP) is 0.517. The molecule has 2 N–H and O–H groups in total. The van der Waals surface area contributed by atoms with E-state index in [-0.39, 0.29) is 0 Å². The molecule has 0 saturated carbocycles. The smallest absolute Gasteiger partial charge is 0.268 e. The van der Waals surface area contributed by atoms with Crippen molar-refractivity contribution in [1.29, 1.82) is 0 Å². The Balaban J connectivity index is 2.46. The van der Waals surface area contributed by atoms with Crippen LogP contribution in [-0.2, 0) is 4.79 Å². The highest BCUT2D eigenvalue weighted by atomic mass is 16.3. The number of aliphatic hydroxyl groups is 1. The van der Waals surface area contributed by atoms with E-state index in [0.29, 0.717) is 0 Å². The second-order valence-corrected chi connectivity index (χ2v) is 2.82. The second kappa shape index (κ2) is 5.14. The third-order valence-electron chi connectivity index (χ3n) is 1.57. The molecule has 0 aliphatic carbocycles. The topological polar surface area (TPSA) is 61.7 Å². The van der Waals surface area contributed by atoms with Crippen LogP contribution in [0, 0.1) is 0 Å². The summed E-state index contributed by atoms with van der Waals surface area (Å²) in [4.78, 5) is 10.9. The van der Waals surface area contributed by atoms with E-state index in [4.69, 9.17) is 5.11 Å². The van der Waals surface area contributed by atoms with Crippen molar-refractivity contribution >= 4 is 12.1 Å². The maximum atomic E-state index is 10.9. The van der Waals surface area contributed by atoms with E-state index in [1.165, 1.54) is 13.1 Å². The van der Waals surface area contributed by atoms with Crippen molar-refractivity contribution in [3.8, 4) is 0 Å². The van der Waals surface area contributed by atoms with Crippen LogP contribution in [0.5, 0.6) is 0 Å². The molecule has 1 atom stereocenters. The fourth-order valence-electron chi connectivity index (χ4n) is 0.803. The number of nitrogens with one attached hydrogen (secondary N) is 1. The van der Waals surface area contributed by atoms with Crippen LogP contribution in [0.15, 0.2) is 35.4 Å². The van der Waals surface area contributed by atoms with E-state index < -0.39 is 12.0 Å². The molecular weight excluding hydrogens is 180 g/mol. The maximum Gasteiger partial charge on any atom is 0.268 e. The van der Waals surface area contributed by atoms with Crippen LogP contribution in [0.3, 0.4) is 0 Å². The molecule has 1 rings (SSSR count). The Kier molecular flexibility index (Phi) is 3.82. The van der Waals surface area contributed by atoms with E-state index in [2.05, 4.69) is 10.5 Å². The summed E-state index contributed by atoms with van der Waals surface area (Å²) in [6, 6.07) is 9.36. The van der Waals surface area contributed by atoms with Crippen molar-refractivity contribution < 1.29 is 9.90 Å². The standard InChI is InChI=1S/C10H12N2O2/c1-8(13)10(14)12-11-7-9-5-3-2-4-6-9/h2-8,13H,1H3,(H,12,14)/b11-7-/t8-/m1/s1. The Morgan fingerprint density at radius 2 is 2.14 bits per heavy atom. The summed E-state index contributed by atoms with van der Waals surface area (Å²) in [7, 11) is 0. The van der Waals surface area contributed by atoms with Crippen molar-refractivity contribution in [3.05, 3.63) is 35.9 Å². The van der Waals surface area contributed by atoms with Crippen molar-refractivity contribution in [2.45, 2.75) is 13.0 Å². The lowest BCUT2D eigenvalue weighted by Gasteiger charge is -2.00. The van der Waals surface area contributed by atoms with E-state index in [1.807, 2.05) is 30.3 Å². The van der Waals surface area contributed by atoms with Crippen molar-refractivity contribution in [1.82, 2.24) is 5.43 Å². The normalized spacial score (nSPS) is 12.7. The van der Waals surface area contributed by atoms with Gasteiger partial charge in [-0.25, -0.2) is 5.43 Å². The Morgan fingerprint density at radius 1 is 1.50 bits per heavy atom. The van der Waals surface area contributed by atoms with Gasteiger partial charge in [-0.15, -0.1) is 0 Å². The fourth-order valence-corrected chi connectivity index (χ4v) is 0.803. The second-order valence-electron chi connectivity index (χ2n) is 2.82. The van der Waals surface area contributed by atoms with Gasteiger partial charge in [-0.2, -0.15) is 5.10 Å². The molecule has 4 nitrogen and oxygen atoms in total. The van der Waals surface area contributed by atoms with Crippen LogP contribution in [0.25, 0.3) is 0 Å². The molecule has 0 aliphatic heterocycles. The number of carbonyl (C=O) groups is 1. The number of aliphatic hydroxyl groups excluding tert-OH is 1. The van der Waals surface area contributed by atoms with Gasteiger partial charge in [0.05, 0.1) is 6.21 Å². The third-order valence-corrected chi connectivity index (χ3v) is 1.57. The van der Waals surface area contributed by atoms with Gasteiger partial charge in [0.15, 0.2) is 0 Å². The summed E-state index contributed by atoms with van der Waals surface area (Å²) in [6.45, 7) is 1.38. The van der Waals surface area contributed by atoms with E-state index in [1.54, 1.807) is 0 Å². The predicted molar refractivity (Wildman–Crippen MR) is 53.9 cm³/mol. The molecular formula is C10H12N2O2. The molecule has 14 heavy (non-hydrogen) atoms. The number of amides is 1. The summed E-state index contributed by atoms with van der Waals surface area (Å²) in [5, 5.41) is 12.5. The lowest BCUT2D eigenvalue weighted by Crippen LogP contribution is -2.28. The third kappa shape index (κ3) is 3.37. The summed E-state index contributed by atoms with van der Waals surface area (Å²) < 4.78 is 0. The molecule has 0 bridgehead atoms. The molecule has 0 unspecified atom stereocenters. The van der Waals surface area contributed by atoms with Gasteiger partial charge >= 0.3 is 0 Å². The van der Waals surface area contributed by atoms with Crippen LogP contribution in [0.2, 0.25) is 0 Å². The first-order valence-electron chi connectivity index (χ1n) is 4.26. The Hall–Kier alpha value is -1.68. The number of nitrogens with zero attached hydrogens (tertiary/aromatic N) is 1. The summed E-state index contributed by atoms with van der Waals surface area (Å²) in [5.74, 6) is -0.516. The molecule has 0 aromatic heterocycles. The minimum absolute atomic E-state index is 0.516. The van der Waals surface area contributed by atoms with Crippen LogP contribution >= 0.6 is 0 Å². The molecule has 0 heterocycles. The molecule has 0 radical (unpaired) electrons. The highest BCUT2D eigenvalue weighted by molar-refractivity contribution is 5.83. The molecule has 4 heteroatoms. The molecule has 1 aromatic carbocycles. The fraction of sp³-hybridized carbons (Fsp3) is 0.200. The van der Waals surface area contributed by atoms with Gasteiger partial charge in [-0.3, -0.25) is 4.79 Å². The average molecular weight is 192 g/mol. The molecule has 0 saturated heterocycles. The molecule has 0 aliphatic rings. The minimum Gasteiger partial charge on any atom is -0.383 e. The lowest BCUT2D eigenvalue weighted by molar-refractivity contribution is -0.128. The van der Waals surface area contributed by atoms with Gasteiger partial charge in [0.1, 0.15) is 6.10 Å². The van der Waals surface area contributed by atoms with Gasteiger partial charge in [0, 0.05) is 0 Å². The van der Waals surface area contributed by atoms with Gasteiger partial charge in [-0.1, -0.05) is 30.3 Å². The number of rotatable bonds is 3. The molecule has 0 fully saturated rings. The van der Waals surface area contributed by atoms with E-state index in [0.717, 1.165) is 5.56 Å².